The molecule has 0 unspecified atom stereocenters. The number of hydrogen-bond acceptors (Lipinski definition) is 5. The highest BCUT2D eigenvalue weighted by Crippen LogP contribution is 2.33. The number of alkyl halides is 3. The van der Waals surface area contributed by atoms with E-state index >= 15 is 0 Å². The Bertz CT molecular complexity index is 752. The second-order valence-electron chi connectivity index (χ2n) is 5.71. The first-order valence-corrected chi connectivity index (χ1v) is 7.74. The van der Waals surface area contributed by atoms with Crippen LogP contribution in [0.1, 0.15) is 41.7 Å². The van der Waals surface area contributed by atoms with Gasteiger partial charge >= 0.3 is 6.18 Å². The SMILES string of the molecule is COc1ccc(-n2ncc(C(=O)NC3CCCC3)c2C(F)(F)F)nn1. The summed E-state index contributed by atoms with van der Waals surface area (Å²) in [4.78, 5) is 12.3. The van der Waals surface area contributed by atoms with Gasteiger partial charge in [-0.05, 0) is 18.9 Å². The summed E-state index contributed by atoms with van der Waals surface area (Å²) in [6.45, 7) is 0. The molecule has 1 saturated carbocycles. The van der Waals surface area contributed by atoms with Gasteiger partial charge in [0.25, 0.3) is 5.91 Å². The molecule has 1 N–H and O–H groups in total. The molecule has 0 atom stereocenters. The van der Waals surface area contributed by atoms with Gasteiger partial charge in [0.05, 0.1) is 18.9 Å². The number of carbonyl (C=O) groups is 1. The lowest BCUT2D eigenvalue weighted by molar-refractivity contribution is -0.143. The fourth-order valence-electron chi connectivity index (χ4n) is 2.83. The molecular formula is C15H16F3N5O2. The van der Waals surface area contributed by atoms with Gasteiger partial charge in [-0.25, -0.2) is 4.68 Å². The Kier molecular flexibility index (Phi) is 4.60. The van der Waals surface area contributed by atoms with Crippen LogP contribution in [0.15, 0.2) is 18.3 Å². The predicted molar refractivity (Wildman–Crippen MR) is 80.4 cm³/mol. The summed E-state index contributed by atoms with van der Waals surface area (Å²) in [5.74, 6) is -0.788. The van der Waals surface area contributed by atoms with Gasteiger partial charge in [-0.2, -0.15) is 18.3 Å². The first-order valence-electron chi connectivity index (χ1n) is 7.74. The zero-order chi connectivity index (χ0) is 18.0. The lowest BCUT2D eigenvalue weighted by Gasteiger charge is -2.14. The molecule has 1 fully saturated rings. The maximum Gasteiger partial charge on any atom is 0.434 e. The third kappa shape index (κ3) is 3.57. The lowest BCUT2D eigenvalue weighted by atomic mass is 10.2. The topological polar surface area (TPSA) is 81.9 Å². The van der Waals surface area contributed by atoms with Gasteiger partial charge < -0.3 is 10.1 Å². The summed E-state index contributed by atoms with van der Waals surface area (Å²) in [7, 11) is 1.37. The molecule has 2 heterocycles. The zero-order valence-electron chi connectivity index (χ0n) is 13.4. The minimum atomic E-state index is -4.78. The molecule has 25 heavy (non-hydrogen) atoms. The second kappa shape index (κ2) is 6.69. The minimum absolute atomic E-state index is 0.0993. The summed E-state index contributed by atoms with van der Waals surface area (Å²) in [6.07, 6.45) is -0.425. The highest BCUT2D eigenvalue weighted by atomic mass is 19.4. The van der Waals surface area contributed by atoms with Crippen molar-refractivity contribution in [3.05, 3.63) is 29.6 Å². The fourth-order valence-corrected chi connectivity index (χ4v) is 2.83. The van der Waals surface area contributed by atoms with Crippen molar-refractivity contribution in [1.29, 1.82) is 0 Å². The smallest absolute Gasteiger partial charge is 0.434 e. The lowest BCUT2D eigenvalue weighted by Crippen LogP contribution is -2.34. The van der Waals surface area contributed by atoms with Crippen LogP contribution in [0, 0.1) is 0 Å². The van der Waals surface area contributed by atoms with E-state index in [0.29, 0.717) is 4.68 Å². The largest absolute Gasteiger partial charge is 0.480 e. The van der Waals surface area contributed by atoms with E-state index in [2.05, 4.69) is 20.6 Å². The molecule has 7 nitrogen and oxygen atoms in total. The van der Waals surface area contributed by atoms with Gasteiger partial charge in [0.15, 0.2) is 11.5 Å². The van der Waals surface area contributed by atoms with Crippen LogP contribution < -0.4 is 10.1 Å². The summed E-state index contributed by atoms with van der Waals surface area (Å²) in [5, 5.41) is 13.6. The van der Waals surface area contributed by atoms with E-state index in [1.807, 2.05) is 0 Å². The Balaban J connectivity index is 1.96. The summed E-state index contributed by atoms with van der Waals surface area (Å²) in [5.41, 5.74) is -1.71. The number of halogens is 3. The highest BCUT2D eigenvalue weighted by molar-refractivity contribution is 5.95. The van der Waals surface area contributed by atoms with Gasteiger partial charge in [0.2, 0.25) is 5.88 Å². The number of rotatable bonds is 4. The van der Waals surface area contributed by atoms with E-state index in [0.717, 1.165) is 31.9 Å². The van der Waals surface area contributed by atoms with Crippen molar-refractivity contribution in [2.24, 2.45) is 0 Å². The molecule has 10 heteroatoms. The van der Waals surface area contributed by atoms with Crippen molar-refractivity contribution in [3.8, 4) is 11.7 Å². The van der Waals surface area contributed by atoms with Crippen LogP contribution in [0.4, 0.5) is 13.2 Å². The fraction of sp³-hybridized carbons (Fsp3) is 0.467. The number of carbonyl (C=O) groups excluding carboxylic acids is 1. The van der Waals surface area contributed by atoms with Gasteiger partial charge in [-0.15, -0.1) is 10.2 Å². The van der Waals surface area contributed by atoms with Gasteiger partial charge in [-0.1, -0.05) is 12.8 Å². The number of hydrogen-bond donors (Lipinski definition) is 1. The number of amides is 1. The van der Waals surface area contributed by atoms with Crippen molar-refractivity contribution in [2.75, 3.05) is 7.11 Å². The Morgan fingerprint density at radius 2 is 2.00 bits per heavy atom. The predicted octanol–water partition coefficient (Wildman–Crippen LogP) is 2.36. The first kappa shape index (κ1) is 17.2. The van der Waals surface area contributed by atoms with E-state index in [4.69, 9.17) is 4.74 Å². The number of methoxy groups -OCH3 is 1. The molecule has 0 radical (unpaired) electrons. The molecule has 0 bridgehead atoms. The van der Waals surface area contributed by atoms with Gasteiger partial charge in [0, 0.05) is 12.1 Å². The third-order valence-electron chi connectivity index (χ3n) is 4.02. The maximum atomic E-state index is 13.5. The average Bonchev–Trinajstić information content (AvgIpc) is 3.23. The monoisotopic (exact) mass is 355 g/mol. The molecular weight excluding hydrogens is 339 g/mol. The van der Waals surface area contributed by atoms with Crippen molar-refractivity contribution < 1.29 is 22.7 Å². The molecule has 134 valence electrons. The normalized spacial score (nSPS) is 15.4. The molecule has 3 rings (SSSR count). The van der Waals surface area contributed by atoms with E-state index < -0.39 is 23.3 Å². The van der Waals surface area contributed by atoms with E-state index in [9.17, 15) is 18.0 Å². The van der Waals surface area contributed by atoms with Crippen molar-refractivity contribution in [1.82, 2.24) is 25.3 Å². The van der Waals surface area contributed by atoms with Crippen LogP contribution in [-0.4, -0.2) is 39.0 Å². The number of aromatic nitrogens is 4. The molecule has 1 aliphatic carbocycles. The Labute approximate surface area is 141 Å². The number of nitrogens with one attached hydrogen (secondary N) is 1. The van der Waals surface area contributed by atoms with Crippen LogP contribution in [0.2, 0.25) is 0 Å². The van der Waals surface area contributed by atoms with Crippen LogP contribution in [0.5, 0.6) is 5.88 Å². The van der Waals surface area contributed by atoms with Crippen LogP contribution >= 0.6 is 0 Å². The van der Waals surface area contributed by atoms with E-state index in [1.54, 1.807) is 0 Å². The minimum Gasteiger partial charge on any atom is -0.480 e. The van der Waals surface area contributed by atoms with Crippen molar-refractivity contribution in [2.45, 2.75) is 37.9 Å². The molecule has 2 aromatic rings. The van der Waals surface area contributed by atoms with Crippen molar-refractivity contribution in [3.63, 3.8) is 0 Å². The number of ether oxygens (including phenoxy) is 1. The van der Waals surface area contributed by atoms with E-state index in [-0.39, 0.29) is 17.7 Å². The van der Waals surface area contributed by atoms with Gasteiger partial charge in [0.1, 0.15) is 0 Å². The molecule has 0 spiro atoms. The Morgan fingerprint density at radius 3 is 2.56 bits per heavy atom. The Morgan fingerprint density at radius 1 is 1.28 bits per heavy atom. The molecule has 1 amide bonds. The van der Waals surface area contributed by atoms with Crippen LogP contribution in [-0.2, 0) is 6.18 Å². The van der Waals surface area contributed by atoms with Crippen LogP contribution in [0.3, 0.4) is 0 Å². The Hall–Kier alpha value is -2.65. The highest BCUT2D eigenvalue weighted by Gasteiger charge is 2.41. The molecule has 0 aliphatic heterocycles. The maximum absolute atomic E-state index is 13.5. The average molecular weight is 355 g/mol. The quantitative estimate of drug-likeness (QED) is 0.910. The third-order valence-corrected chi connectivity index (χ3v) is 4.02. The standard InChI is InChI=1S/C15H16F3N5O2/c1-25-12-7-6-11(21-22-12)23-13(15(16,17)18)10(8-19-23)14(24)20-9-4-2-3-5-9/h6-9H,2-5H2,1H3,(H,20,24). The van der Waals surface area contributed by atoms with Crippen molar-refractivity contribution >= 4 is 5.91 Å². The molecule has 2 aromatic heterocycles. The molecule has 0 saturated heterocycles. The first-order chi connectivity index (χ1) is 11.9. The second-order valence-corrected chi connectivity index (χ2v) is 5.71. The zero-order valence-corrected chi connectivity index (χ0v) is 13.4. The van der Waals surface area contributed by atoms with Gasteiger partial charge in [-0.3, -0.25) is 4.79 Å². The van der Waals surface area contributed by atoms with E-state index in [1.165, 1.54) is 19.2 Å². The molecule has 0 aromatic carbocycles. The summed E-state index contributed by atoms with van der Waals surface area (Å²) in [6, 6.07) is 2.55. The van der Waals surface area contributed by atoms with Crippen LogP contribution in [0.25, 0.3) is 5.82 Å². The molecule has 1 aliphatic rings. The summed E-state index contributed by atoms with van der Waals surface area (Å²) < 4.78 is 46.0. The summed E-state index contributed by atoms with van der Waals surface area (Å²) >= 11 is 0. The number of nitrogens with zero attached hydrogens (tertiary/aromatic N) is 4.